The van der Waals surface area contributed by atoms with Crippen LogP contribution in [-0.4, -0.2) is 65.2 Å². The van der Waals surface area contributed by atoms with Crippen LogP contribution in [0.5, 0.6) is 0 Å². The third kappa shape index (κ3) is 4.03. The van der Waals surface area contributed by atoms with Crippen LogP contribution in [0.3, 0.4) is 0 Å². The Bertz CT molecular complexity index is 468. The Morgan fingerprint density at radius 3 is 2.43 bits per heavy atom. The summed E-state index contributed by atoms with van der Waals surface area (Å²) in [5, 5.41) is 30.7. The largest absolute Gasteiger partial charge is 0.394 e. The normalized spacial score (nSPS) is 11.5. The Balaban J connectivity index is 2.93. The number of nitrogens with two attached hydrogens (primary N) is 1. The zero-order valence-corrected chi connectivity index (χ0v) is 13.0. The first kappa shape index (κ1) is 17.6. The third-order valence-electron chi connectivity index (χ3n) is 3.02. The number of anilines is 2. The van der Waals surface area contributed by atoms with E-state index in [0.717, 1.165) is 24.3 Å². The summed E-state index contributed by atoms with van der Waals surface area (Å²) in [5.41, 5.74) is 4.26. The molecule has 1 rings (SSSR count). The molecule has 0 aliphatic heterocycles. The minimum Gasteiger partial charge on any atom is -0.394 e. The summed E-state index contributed by atoms with van der Waals surface area (Å²) in [6.45, 7) is 1.04. The molecule has 9 heteroatoms. The van der Waals surface area contributed by atoms with Crippen molar-refractivity contribution >= 4 is 28.2 Å². The van der Waals surface area contributed by atoms with Crippen LogP contribution in [0, 0.1) is 0 Å². The van der Waals surface area contributed by atoms with Gasteiger partial charge >= 0.3 is 0 Å². The third-order valence-corrected chi connectivity index (χ3v) is 4.20. The second-order valence-electron chi connectivity index (χ2n) is 4.84. The van der Waals surface area contributed by atoms with Crippen molar-refractivity contribution in [2.45, 2.75) is 18.9 Å². The lowest BCUT2D eigenvalue weighted by Gasteiger charge is -2.28. The van der Waals surface area contributed by atoms with Gasteiger partial charge in [-0.05, 0) is 6.42 Å². The number of nitrogens with zero attached hydrogens (tertiary/aromatic N) is 2. The molecule has 0 atom stereocenters. The first-order valence-corrected chi connectivity index (χ1v) is 7.37. The van der Waals surface area contributed by atoms with Crippen molar-refractivity contribution in [2.75, 3.05) is 44.0 Å². The molecular formula is C12H22N4O4S. The molecule has 0 saturated carbocycles. The summed E-state index contributed by atoms with van der Waals surface area (Å²) in [4.78, 5) is 18.4. The molecule has 1 aromatic rings. The van der Waals surface area contributed by atoms with Crippen LogP contribution in [0.25, 0.3) is 0 Å². The maximum atomic E-state index is 12.2. The number of hydrogen-bond donors (Lipinski definition) is 5. The van der Waals surface area contributed by atoms with Crippen LogP contribution in [0.15, 0.2) is 0 Å². The van der Waals surface area contributed by atoms with Gasteiger partial charge in [0.2, 0.25) is 0 Å². The summed E-state index contributed by atoms with van der Waals surface area (Å²) in [6.07, 6.45) is 0.931. The van der Waals surface area contributed by atoms with Gasteiger partial charge in [-0.3, -0.25) is 4.79 Å². The van der Waals surface area contributed by atoms with Gasteiger partial charge in [0.05, 0.1) is 19.8 Å². The number of carbonyl (C=O) groups is 1. The second-order valence-corrected chi connectivity index (χ2v) is 5.82. The number of thiazole rings is 1. The Morgan fingerprint density at radius 2 is 1.95 bits per heavy atom. The molecule has 8 nitrogen and oxygen atoms in total. The van der Waals surface area contributed by atoms with Crippen molar-refractivity contribution in [3.8, 4) is 0 Å². The predicted molar refractivity (Wildman–Crippen MR) is 81.5 cm³/mol. The van der Waals surface area contributed by atoms with Crippen LogP contribution in [-0.2, 0) is 0 Å². The highest BCUT2D eigenvalue weighted by atomic mass is 32.1. The molecule has 0 saturated heterocycles. The molecule has 0 fully saturated rings. The lowest BCUT2D eigenvalue weighted by Crippen LogP contribution is -2.57. The van der Waals surface area contributed by atoms with Gasteiger partial charge in [0.25, 0.3) is 5.91 Å². The van der Waals surface area contributed by atoms with Gasteiger partial charge in [-0.2, -0.15) is 0 Å². The van der Waals surface area contributed by atoms with Crippen molar-refractivity contribution in [1.82, 2.24) is 10.3 Å². The molecule has 0 radical (unpaired) electrons. The number of aromatic nitrogens is 1. The van der Waals surface area contributed by atoms with Gasteiger partial charge in [-0.15, -0.1) is 0 Å². The highest BCUT2D eigenvalue weighted by Gasteiger charge is 2.32. The second kappa shape index (κ2) is 7.55. The van der Waals surface area contributed by atoms with Crippen LogP contribution in [0.2, 0.25) is 0 Å². The molecule has 0 aromatic carbocycles. The van der Waals surface area contributed by atoms with Gasteiger partial charge < -0.3 is 31.3 Å². The van der Waals surface area contributed by atoms with Crippen molar-refractivity contribution in [1.29, 1.82) is 0 Å². The molecular weight excluding hydrogens is 296 g/mol. The van der Waals surface area contributed by atoms with Crippen LogP contribution in [0.4, 0.5) is 10.9 Å². The zero-order valence-electron chi connectivity index (χ0n) is 12.2. The molecule has 120 valence electrons. The van der Waals surface area contributed by atoms with Crippen LogP contribution >= 0.6 is 11.3 Å². The molecule has 0 bridgehead atoms. The molecule has 1 aromatic heterocycles. The standard InChI is InChI=1S/C12H22N4O4S/c1-3-4-16(2)11-14-9(13)8(21-11)10(20)15-12(5-17,6-18)7-19/h17-19H,3-7,13H2,1-2H3,(H,15,20). The minimum atomic E-state index is -1.48. The summed E-state index contributed by atoms with van der Waals surface area (Å²) >= 11 is 1.12. The van der Waals surface area contributed by atoms with Crippen LogP contribution in [0.1, 0.15) is 23.0 Å². The van der Waals surface area contributed by atoms with E-state index in [1.54, 1.807) is 0 Å². The number of aliphatic hydroxyl groups is 3. The maximum absolute atomic E-state index is 12.2. The number of aliphatic hydroxyl groups excluding tert-OH is 3. The number of nitrogen functional groups attached to an aromatic ring is 1. The quantitative estimate of drug-likeness (QED) is 0.416. The topological polar surface area (TPSA) is 132 Å². The molecule has 6 N–H and O–H groups in total. The highest BCUT2D eigenvalue weighted by Crippen LogP contribution is 2.27. The van der Waals surface area contributed by atoms with E-state index in [9.17, 15) is 20.1 Å². The summed E-state index contributed by atoms with van der Waals surface area (Å²) in [7, 11) is 1.85. The van der Waals surface area contributed by atoms with Crippen molar-refractivity contribution < 1.29 is 20.1 Å². The minimum absolute atomic E-state index is 0.0816. The Labute approximate surface area is 127 Å². The van der Waals surface area contributed by atoms with Gasteiger partial charge in [0, 0.05) is 13.6 Å². The van der Waals surface area contributed by atoms with Gasteiger partial charge in [-0.1, -0.05) is 18.3 Å². The van der Waals surface area contributed by atoms with Crippen LogP contribution < -0.4 is 16.0 Å². The van der Waals surface area contributed by atoms with E-state index < -0.39 is 31.3 Å². The average molecular weight is 318 g/mol. The van der Waals surface area contributed by atoms with E-state index in [1.165, 1.54) is 0 Å². The van der Waals surface area contributed by atoms with E-state index in [4.69, 9.17) is 5.73 Å². The molecule has 0 aliphatic carbocycles. The fourth-order valence-corrected chi connectivity index (χ4v) is 2.51. The fourth-order valence-electron chi connectivity index (χ4n) is 1.64. The monoisotopic (exact) mass is 318 g/mol. The predicted octanol–water partition coefficient (Wildman–Crippen LogP) is -0.983. The van der Waals surface area contributed by atoms with E-state index >= 15 is 0 Å². The van der Waals surface area contributed by atoms with E-state index in [0.29, 0.717) is 5.13 Å². The van der Waals surface area contributed by atoms with E-state index in [-0.39, 0.29) is 10.7 Å². The van der Waals surface area contributed by atoms with Gasteiger partial charge in [0.1, 0.15) is 16.2 Å². The average Bonchev–Trinajstić information content (AvgIpc) is 2.87. The zero-order chi connectivity index (χ0) is 16.0. The number of hydrogen-bond acceptors (Lipinski definition) is 8. The molecule has 0 unspecified atom stereocenters. The number of carbonyl (C=O) groups excluding carboxylic acids is 1. The SMILES string of the molecule is CCCN(C)c1nc(N)c(C(=O)NC(CO)(CO)CO)s1. The number of nitrogens with one attached hydrogen (secondary N) is 1. The molecule has 0 aliphatic rings. The van der Waals surface area contributed by atoms with E-state index in [2.05, 4.69) is 10.3 Å². The van der Waals surface area contributed by atoms with Crippen molar-refractivity contribution in [2.24, 2.45) is 0 Å². The van der Waals surface area contributed by atoms with E-state index in [1.807, 2.05) is 18.9 Å². The molecule has 21 heavy (non-hydrogen) atoms. The van der Waals surface area contributed by atoms with Crippen molar-refractivity contribution in [3.05, 3.63) is 4.88 Å². The molecule has 1 heterocycles. The molecule has 0 spiro atoms. The first-order valence-electron chi connectivity index (χ1n) is 6.55. The fraction of sp³-hybridized carbons (Fsp3) is 0.667. The van der Waals surface area contributed by atoms with Gasteiger partial charge in [-0.25, -0.2) is 4.98 Å². The maximum Gasteiger partial charge on any atom is 0.265 e. The smallest absolute Gasteiger partial charge is 0.265 e. The first-order chi connectivity index (χ1) is 9.92. The Hall–Kier alpha value is -1.42. The Morgan fingerprint density at radius 1 is 1.38 bits per heavy atom. The Kier molecular flexibility index (Phi) is 6.34. The number of rotatable bonds is 8. The lowest BCUT2D eigenvalue weighted by molar-refractivity contribution is 0.0377. The highest BCUT2D eigenvalue weighted by molar-refractivity contribution is 7.18. The summed E-state index contributed by atoms with van der Waals surface area (Å²) in [6, 6.07) is 0. The summed E-state index contributed by atoms with van der Waals surface area (Å²) in [5.74, 6) is -0.503. The number of amides is 1. The van der Waals surface area contributed by atoms with Crippen molar-refractivity contribution in [3.63, 3.8) is 0 Å². The summed E-state index contributed by atoms with van der Waals surface area (Å²) < 4.78 is 0. The molecule has 1 amide bonds. The van der Waals surface area contributed by atoms with Gasteiger partial charge in [0.15, 0.2) is 5.13 Å². The lowest BCUT2D eigenvalue weighted by atomic mass is 10.0.